The second kappa shape index (κ2) is 6.03. The average molecular weight is 285 g/mol. The molecule has 0 fully saturated rings. The van der Waals surface area contributed by atoms with E-state index in [9.17, 15) is 4.39 Å². The summed E-state index contributed by atoms with van der Waals surface area (Å²) in [6.45, 7) is 0. The summed E-state index contributed by atoms with van der Waals surface area (Å²) in [7, 11) is 0. The van der Waals surface area contributed by atoms with Crippen molar-refractivity contribution in [2.45, 2.75) is 6.42 Å². The van der Waals surface area contributed by atoms with Gasteiger partial charge < -0.3 is 5.32 Å². The largest absolute Gasteiger partial charge is 0.338 e. The van der Waals surface area contributed by atoms with E-state index >= 15 is 0 Å². The Balaban J connectivity index is 2.13. The van der Waals surface area contributed by atoms with Crippen LogP contribution in [-0.4, -0.2) is 10.9 Å². The molecule has 2 rings (SSSR count). The molecule has 0 amide bonds. The Bertz CT molecular complexity index is 529. The number of nitrogens with zero attached hydrogens (tertiary/aromatic N) is 1. The van der Waals surface area contributed by atoms with Gasteiger partial charge >= 0.3 is 0 Å². The minimum absolute atomic E-state index is 0.157. The lowest BCUT2D eigenvalue weighted by Crippen LogP contribution is -1.97. The number of benzene rings is 1. The zero-order chi connectivity index (χ0) is 13.0. The molecule has 18 heavy (non-hydrogen) atoms. The van der Waals surface area contributed by atoms with Crippen LogP contribution in [0.2, 0.25) is 5.02 Å². The lowest BCUT2D eigenvalue weighted by Gasteiger charge is -2.07. The fourth-order valence-electron chi connectivity index (χ4n) is 1.51. The summed E-state index contributed by atoms with van der Waals surface area (Å²) >= 11 is 11.3. The van der Waals surface area contributed by atoms with E-state index in [0.717, 1.165) is 17.7 Å². The van der Waals surface area contributed by atoms with Crippen molar-refractivity contribution in [3.8, 4) is 0 Å². The molecule has 1 aromatic carbocycles. The summed E-state index contributed by atoms with van der Waals surface area (Å²) in [6.07, 6.45) is 2.21. The van der Waals surface area contributed by atoms with Gasteiger partial charge in [0.2, 0.25) is 0 Å². The van der Waals surface area contributed by atoms with Gasteiger partial charge in [0.15, 0.2) is 11.6 Å². The first kappa shape index (κ1) is 13.1. The highest BCUT2D eigenvalue weighted by Crippen LogP contribution is 2.20. The van der Waals surface area contributed by atoms with Crippen molar-refractivity contribution in [1.29, 1.82) is 0 Å². The summed E-state index contributed by atoms with van der Waals surface area (Å²) in [4.78, 5) is 3.89. The average Bonchev–Trinajstić information content (AvgIpc) is 2.35. The van der Waals surface area contributed by atoms with Crippen molar-refractivity contribution in [2.75, 3.05) is 11.2 Å². The highest BCUT2D eigenvalue weighted by atomic mass is 35.5. The Labute approximate surface area is 115 Å². The van der Waals surface area contributed by atoms with E-state index in [1.54, 1.807) is 0 Å². The third-order valence-electron chi connectivity index (χ3n) is 2.41. The molecule has 0 atom stereocenters. The number of rotatable bonds is 4. The maximum absolute atomic E-state index is 13.5. The predicted octanol–water partition coefficient (Wildman–Crippen LogP) is 4.40. The highest BCUT2D eigenvalue weighted by molar-refractivity contribution is 6.30. The van der Waals surface area contributed by atoms with Crippen molar-refractivity contribution in [2.24, 2.45) is 0 Å². The van der Waals surface area contributed by atoms with Gasteiger partial charge in [0.05, 0.1) is 5.02 Å². The number of pyridine rings is 1. The normalized spacial score (nSPS) is 10.4. The van der Waals surface area contributed by atoms with Crippen molar-refractivity contribution in [3.63, 3.8) is 0 Å². The molecule has 2 nitrogen and oxygen atoms in total. The van der Waals surface area contributed by atoms with E-state index < -0.39 is 5.82 Å². The lowest BCUT2D eigenvalue weighted by molar-refractivity contribution is 0.626. The molecular formula is C13H11Cl2FN2. The summed E-state index contributed by atoms with van der Waals surface area (Å²) in [5, 5.41) is 3.16. The Morgan fingerprint density at radius 3 is 2.56 bits per heavy atom. The van der Waals surface area contributed by atoms with Gasteiger partial charge in [-0.05, 0) is 30.2 Å². The maximum Gasteiger partial charge on any atom is 0.167 e. The van der Waals surface area contributed by atoms with E-state index in [1.165, 1.54) is 12.3 Å². The lowest BCUT2D eigenvalue weighted by atomic mass is 10.1. The highest BCUT2D eigenvalue weighted by Gasteiger charge is 2.04. The summed E-state index contributed by atoms with van der Waals surface area (Å²) in [5.74, 6) is 0.261. The molecule has 0 aliphatic rings. The molecule has 0 radical (unpaired) electrons. The number of nitrogens with one attached hydrogen (secondary N) is 1. The van der Waals surface area contributed by atoms with Gasteiger partial charge in [-0.1, -0.05) is 23.7 Å². The Hall–Kier alpha value is -1.32. The van der Waals surface area contributed by atoms with Gasteiger partial charge in [-0.2, -0.15) is 0 Å². The third-order valence-corrected chi connectivity index (χ3v) is 2.80. The number of hydrogen-bond acceptors (Lipinski definition) is 2. The van der Waals surface area contributed by atoms with Gasteiger partial charge in [0.1, 0.15) is 0 Å². The van der Waals surface area contributed by atoms with E-state index in [-0.39, 0.29) is 10.8 Å². The molecule has 0 spiro atoms. The number of alkyl halides is 1. The summed E-state index contributed by atoms with van der Waals surface area (Å²) in [6, 6.07) is 8.82. The Morgan fingerprint density at radius 2 is 1.94 bits per heavy atom. The third kappa shape index (κ3) is 3.34. The maximum atomic E-state index is 13.5. The number of aryl methyl sites for hydroxylation is 1. The van der Waals surface area contributed by atoms with Gasteiger partial charge in [-0.15, -0.1) is 11.6 Å². The topological polar surface area (TPSA) is 24.9 Å². The molecule has 0 aliphatic heterocycles. The zero-order valence-corrected chi connectivity index (χ0v) is 11.0. The van der Waals surface area contributed by atoms with Crippen LogP contribution in [0.1, 0.15) is 5.56 Å². The first-order valence-electron chi connectivity index (χ1n) is 5.42. The molecule has 5 heteroatoms. The van der Waals surface area contributed by atoms with Crippen LogP contribution in [0.25, 0.3) is 0 Å². The van der Waals surface area contributed by atoms with Crippen LogP contribution in [0.5, 0.6) is 0 Å². The van der Waals surface area contributed by atoms with E-state index in [2.05, 4.69) is 10.3 Å². The van der Waals surface area contributed by atoms with Gasteiger partial charge in [-0.3, -0.25) is 0 Å². The van der Waals surface area contributed by atoms with E-state index in [4.69, 9.17) is 23.2 Å². The molecule has 0 unspecified atom stereocenters. The minimum atomic E-state index is -0.479. The fourth-order valence-corrected chi connectivity index (χ4v) is 1.87. The van der Waals surface area contributed by atoms with Crippen LogP contribution in [0, 0.1) is 5.82 Å². The van der Waals surface area contributed by atoms with Crippen molar-refractivity contribution >= 4 is 34.7 Å². The second-order valence-electron chi connectivity index (χ2n) is 3.74. The number of anilines is 2. The van der Waals surface area contributed by atoms with Crippen molar-refractivity contribution in [3.05, 3.63) is 52.9 Å². The molecule has 0 aliphatic carbocycles. The van der Waals surface area contributed by atoms with Gasteiger partial charge in [0.25, 0.3) is 0 Å². The van der Waals surface area contributed by atoms with Crippen LogP contribution in [0.4, 0.5) is 15.9 Å². The molecule has 1 N–H and O–H groups in total. The smallest absolute Gasteiger partial charge is 0.167 e. The summed E-state index contributed by atoms with van der Waals surface area (Å²) in [5.41, 5.74) is 1.90. The molecule has 2 aromatic rings. The van der Waals surface area contributed by atoms with Crippen LogP contribution in [0.15, 0.2) is 36.5 Å². The Morgan fingerprint density at radius 1 is 1.22 bits per heavy atom. The molecular weight excluding hydrogens is 274 g/mol. The fraction of sp³-hybridized carbons (Fsp3) is 0.154. The number of hydrogen-bond donors (Lipinski definition) is 1. The van der Waals surface area contributed by atoms with Crippen LogP contribution < -0.4 is 5.32 Å². The van der Waals surface area contributed by atoms with Crippen LogP contribution in [-0.2, 0) is 6.42 Å². The zero-order valence-electron chi connectivity index (χ0n) is 9.46. The Kier molecular flexibility index (Phi) is 4.39. The molecule has 1 heterocycles. The number of aromatic nitrogens is 1. The first-order valence-corrected chi connectivity index (χ1v) is 6.33. The molecule has 0 saturated heterocycles. The standard InChI is InChI=1S/C13H11Cl2FN2/c14-6-5-9-1-3-11(4-2-9)18-13-12(16)7-10(15)8-17-13/h1-4,7-8H,5-6H2,(H,17,18). The molecule has 94 valence electrons. The minimum Gasteiger partial charge on any atom is -0.338 e. The second-order valence-corrected chi connectivity index (χ2v) is 4.56. The van der Waals surface area contributed by atoms with E-state index in [0.29, 0.717) is 5.88 Å². The van der Waals surface area contributed by atoms with Crippen molar-refractivity contribution in [1.82, 2.24) is 4.98 Å². The van der Waals surface area contributed by atoms with Gasteiger partial charge in [-0.25, -0.2) is 9.37 Å². The molecule has 0 saturated carbocycles. The molecule has 1 aromatic heterocycles. The van der Waals surface area contributed by atoms with Gasteiger partial charge in [0, 0.05) is 17.8 Å². The van der Waals surface area contributed by atoms with Crippen molar-refractivity contribution < 1.29 is 4.39 Å². The van der Waals surface area contributed by atoms with Crippen LogP contribution >= 0.6 is 23.2 Å². The summed E-state index contributed by atoms with van der Waals surface area (Å²) < 4.78 is 13.5. The predicted molar refractivity (Wildman–Crippen MR) is 73.4 cm³/mol. The SMILES string of the molecule is Fc1cc(Cl)cnc1Nc1ccc(CCCl)cc1. The number of halogens is 3. The van der Waals surface area contributed by atoms with Crippen LogP contribution in [0.3, 0.4) is 0 Å². The monoisotopic (exact) mass is 284 g/mol. The quantitative estimate of drug-likeness (QED) is 0.842. The van der Waals surface area contributed by atoms with E-state index in [1.807, 2.05) is 24.3 Å². The molecule has 0 bridgehead atoms. The first-order chi connectivity index (χ1) is 8.69.